The van der Waals surface area contributed by atoms with Crippen LogP contribution in [0.15, 0.2) is 91.3 Å². The molecule has 0 saturated heterocycles. The molecule has 9 nitrogen and oxygen atoms in total. The number of rotatable bonds is 9. The second-order valence-corrected chi connectivity index (χ2v) is 9.31. The fourth-order valence-corrected chi connectivity index (χ4v) is 4.70. The highest BCUT2D eigenvalue weighted by atomic mass is 16.5. The zero-order chi connectivity index (χ0) is 27.5. The number of pyridine rings is 1. The Morgan fingerprint density at radius 2 is 1.82 bits per heavy atom. The Balaban J connectivity index is 1.13. The first-order valence-corrected chi connectivity index (χ1v) is 12.9. The third kappa shape index (κ3) is 5.04. The molecule has 0 bridgehead atoms. The van der Waals surface area contributed by atoms with Gasteiger partial charge in [0.1, 0.15) is 22.9 Å². The van der Waals surface area contributed by atoms with Gasteiger partial charge in [-0.2, -0.15) is 0 Å². The molecule has 3 N–H and O–H groups in total. The van der Waals surface area contributed by atoms with Crippen LogP contribution in [0.5, 0.6) is 17.2 Å². The number of nitrogens with zero attached hydrogens (tertiary/aromatic N) is 3. The van der Waals surface area contributed by atoms with Crippen molar-refractivity contribution in [2.45, 2.75) is 6.42 Å². The largest absolute Gasteiger partial charge is 0.495 e. The lowest BCUT2D eigenvalue weighted by atomic mass is 10.1. The summed E-state index contributed by atoms with van der Waals surface area (Å²) >= 11 is 0. The Kier molecular flexibility index (Phi) is 6.76. The highest BCUT2D eigenvalue weighted by molar-refractivity contribution is 5.92. The average molecular weight is 533 g/mol. The van der Waals surface area contributed by atoms with Crippen molar-refractivity contribution >= 4 is 39.5 Å². The van der Waals surface area contributed by atoms with Crippen LogP contribution in [0.2, 0.25) is 0 Å². The highest BCUT2D eigenvalue weighted by Crippen LogP contribution is 2.30. The zero-order valence-corrected chi connectivity index (χ0v) is 22.1. The topological polar surface area (TPSA) is 106 Å². The number of benzene rings is 3. The molecule has 0 radical (unpaired) electrons. The van der Waals surface area contributed by atoms with Crippen LogP contribution in [0.25, 0.3) is 21.9 Å². The lowest BCUT2D eigenvalue weighted by Gasteiger charge is -2.10. The lowest BCUT2D eigenvalue weighted by molar-refractivity contribution is 0.0949. The van der Waals surface area contributed by atoms with Gasteiger partial charge in [-0.1, -0.05) is 30.3 Å². The number of carbonyl (C=O) groups is 1. The van der Waals surface area contributed by atoms with Gasteiger partial charge in [-0.3, -0.25) is 9.78 Å². The van der Waals surface area contributed by atoms with Crippen molar-refractivity contribution in [2.24, 2.45) is 7.05 Å². The molecule has 0 atom stereocenters. The van der Waals surface area contributed by atoms with Gasteiger partial charge >= 0.3 is 0 Å². The summed E-state index contributed by atoms with van der Waals surface area (Å²) in [7, 11) is 3.58. The first-order chi connectivity index (χ1) is 19.6. The molecule has 40 heavy (non-hydrogen) atoms. The predicted molar refractivity (Wildman–Crippen MR) is 156 cm³/mol. The number of methoxy groups -OCH3 is 1. The third-order valence-corrected chi connectivity index (χ3v) is 6.76. The van der Waals surface area contributed by atoms with E-state index in [1.165, 1.54) is 0 Å². The number of amides is 1. The van der Waals surface area contributed by atoms with Gasteiger partial charge < -0.3 is 29.7 Å². The first-order valence-electron chi connectivity index (χ1n) is 12.9. The Bertz CT molecular complexity index is 1820. The highest BCUT2D eigenvalue weighted by Gasteiger charge is 2.13. The molecular formula is C31H28N6O3. The van der Waals surface area contributed by atoms with Gasteiger partial charge in [0.2, 0.25) is 5.95 Å². The zero-order valence-electron chi connectivity index (χ0n) is 22.1. The Hall–Kier alpha value is -5.31. The monoisotopic (exact) mass is 532 g/mol. The molecule has 3 aromatic carbocycles. The van der Waals surface area contributed by atoms with E-state index in [0.717, 1.165) is 38.9 Å². The Labute approximate surface area is 230 Å². The summed E-state index contributed by atoms with van der Waals surface area (Å²) in [4.78, 5) is 25.0. The Morgan fingerprint density at radius 3 is 2.73 bits per heavy atom. The second kappa shape index (κ2) is 10.8. The smallest absolute Gasteiger partial charge is 0.270 e. The molecule has 9 heteroatoms. The van der Waals surface area contributed by atoms with Gasteiger partial charge in [0, 0.05) is 49.0 Å². The number of para-hydroxylation sites is 3. The van der Waals surface area contributed by atoms with Gasteiger partial charge in [0.15, 0.2) is 0 Å². The molecule has 6 aromatic rings. The molecule has 0 spiro atoms. The minimum Gasteiger partial charge on any atom is -0.495 e. The van der Waals surface area contributed by atoms with E-state index in [4.69, 9.17) is 14.5 Å². The molecule has 3 heterocycles. The molecule has 0 aliphatic carbocycles. The van der Waals surface area contributed by atoms with Gasteiger partial charge in [-0.15, -0.1) is 0 Å². The fraction of sp³-hybridized carbons (Fsp3) is 0.129. The van der Waals surface area contributed by atoms with Crippen LogP contribution >= 0.6 is 0 Å². The fourth-order valence-electron chi connectivity index (χ4n) is 4.70. The summed E-state index contributed by atoms with van der Waals surface area (Å²) in [6.45, 7) is 0.495. The van der Waals surface area contributed by atoms with Crippen LogP contribution < -0.4 is 20.1 Å². The van der Waals surface area contributed by atoms with Crippen molar-refractivity contribution < 1.29 is 14.3 Å². The van der Waals surface area contributed by atoms with Crippen molar-refractivity contribution in [1.82, 2.24) is 24.8 Å². The lowest BCUT2D eigenvalue weighted by Crippen LogP contribution is -2.26. The van der Waals surface area contributed by atoms with Crippen LogP contribution in [0.3, 0.4) is 0 Å². The number of hydrogen-bond donors (Lipinski definition) is 3. The summed E-state index contributed by atoms with van der Waals surface area (Å²) in [6.07, 6.45) is 4.27. The molecule has 1 amide bonds. The predicted octanol–water partition coefficient (Wildman–Crippen LogP) is 5.97. The number of carbonyl (C=O) groups excluding carboxylic acids is 1. The number of nitrogens with one attached hydrogen (secondary N) is 3. The van der Waals surface area contributed by atoms with E-state index in [-0.39, 0.29) is 5.91 Å². The van der Waals surface area contributed by atoms with Crippen LogP contribution in [0, 0.1) is 0 Å². The minimum atomic E-state index is -0.252. The maximum absolute atomic E-state index is 12.8. The van der Waals surface area contributed by atoms with Gasteiger partial charge in [-0.05, 0) is 48.4 Å². The number of hydrogen-bond acceptors (Lipinski definition) is 6. The third-order valence-electron chi connectivity index (χ3n) is 6.76. The van der Waals surface area contributed by atoms with E-state index in [1.807, 2.05) is 78.5 Å². The summed E-state index contributed by atoms with van der Waals surface area (Å²) in [5.74, 6) is 2.27. The van der Waals surface area contributed by atoms with Crippen molar-refractivity contribution in [3.63, 3.8) is 0 Å². The maximum atomic E-state index is 12.8. The molecule has 0 aliphatic rings. The van der Waals surface area contributed by atoms with E-state index >= 15 is 0 Å². The number of fused-ring (bicyclic) bond motifs is 2. The molecular weight excluding hydrogens is 504 g/mol. The van der Waals surface area contributed by atoms with E-state index in [1.54, 1.807) is 25.4 Å². The van der Waals surface area contributed by atoms with E-state index in [9.17, 15) is 4.79 Å². The number of imidazole rings is 1. The molecule has 0 fully saturated rings. The van der Waals surface area contributed by atoms with Crippen LogP contribution in [0.1, 0.15) is 16.1 Å². The van der Waals surface area contributed by atoms with Crippen LogP contribution in [0.4, 0.5) is 11.6 Å². The van der Waals surface area contributed by atoms with Gasteiger partial charge in [0.25, 0.3) is 5.91 Å². The molecule has 0 unspecified atom stereocenters. The molecule has 3 aromatic heterocycles. The van der Waals surface area contributed by atoms with E-state index in [0.29, 0.717) is 36.1 Å². The van der Waals surface area contributed by atoms with Crippen molar-refractivity contribution in [3.8, 4) is 17.2 Å². The minimum absolute atomic E-state index is 0.252. The normalized spacial score (nSPS) is 11.1. The SMILES string of the molecule is COc1ccccc1Nc1nc2cc(Oc3ccnc(C(=O)NCCc4c[nH]c5ccccc45)c3)ccc2n1C. The van der Waals surface area contributed by atoms with Crippen LogP contribution in [-0.4, -0.2) is 39.1 Å². The van der Waals surface area contributed by atoms with Gasteiger partial charge in [0.05, 0.1) is 23.8 Å². The number of anilines is 2. The Morgan fingerprint density at radius 1 is 1.00 bits per heavy atom. The van der Waals surface area contributed by atoms with Gasteiger partial charge in [-0.25, -0.2) is 4.98 Å². The number of aryl methyl sites for hydroxylation is 1. The molecule has 200 valence electrons. The molecule has 6 rings (SSSR count). The quantitative estimate of drug-likeness (QED) is 0.212. The summed E-state index contributed by atoms with van der Waals surface area (Å²) in [6, 6.07) is 24.9. The summed E-state index contributed by atoms with van der Waals surface area (Å²) in [5.41, 5.74) is 5.06. The second-order valence-electron chi connectivity index (χ2n) is 9.31. The molecule has 0 saturated carbocycles. The average Bonchev–Trinajstić information content (AvgIpc) is 3.53. The maximum Gasteiger partial charge on any atom is 0.270 e. The van der Waals surface area contributed by atoms with Crippen molar-refractivity contribution in [2.75, 3.05) is 19.0 Å². The van der Waals surface area contributed by atoms with Crippen molar-refractivity contribution in [3.05, 3.63) is 103 Å². The number of ether oxygens (including phenoxy) is 2. The van der Waals surface area contributed by atoms with Crippen molar-refractivity contribution in [1.29, 1.82) is 0 Å². The van der Waals surface area contributed by atoms with E-state index < -0.39 is 0 Å². The molecule has 0 aliphatic heterocycles. The van der Waals surface area contributed by atoms with Crippen LogP contribution in [-0.2, 0) is 13.5 Å². The standard InChI is InChI=1S/C31H28N6O3/c1-37-28-12-11-21(17-26(28)36-31(37)35-25-9-5-6-10-29(25)39-2)40-22-14-16-32-27(18-22)30(38)33-15-13-20-19-34-24-8-4-3-7-23(20)24/h3-12,14,16-19,34H,13,15H2,1-2H3,(H,33,38)(H,35,36). The number of H-pyrrole nitrogens is 1. The first kappa shape index (κ1) is 25.0. The summed E-state index contributed by atoms with van der Waals surface area (Å²) in [5, 5.41) is 7.46. The summed E-state index contributed by atoms with van der Waals surface area (Å²) < 4.78 is 13.5. The van der Waals surface area contributed by atoms with E-state index in [2.05, 4.69) is 26.7 Å². The number of aromatic amines is 1. The number of aromatic nitrogens is 4.